The molecule has 0 unspecified atom stereocenters. The maximum Gasteiger partial charge on any atom is 2.00 e. The Bertz CT molecular complexity index is 375. The van der Waals surface area contributed by atoms with Crippen LogP contribution in [0.15, 0.2) is 24.3 Å². The van der Waals surface area contributed by atoms with Crippen molar-refractivity contribution < 1.29 is 17.1 Å². The Labute approximate surface area is 129 Å². The standard InChI is InChI=1S/C12H16N.C5H9.Cu/c1-4-13-9-12(2,3)10-7-5-6-8-11(10)13;1-2-4-5-3-1;/h5-9H,4H2,1-3H3;1H,2-5H2;/q2*-1;+2. The number of para-hydroxylation sites is 1. The van der Waals surface area contributed by atoms with Gasteiger partial charge in [-0.05, 0) is 18.2 Å². The molecule has 0 spiro atoms. The molecule has 1 saturated carbocycles. The van der Waals surface area contributed by atoms with Gasteiger partial charge < -0.3 is 11.3 Å². The first-order valence-corrected chi connectivity index (χ1v) is 7.19. The van der Waals surface area contributed by atoms with Gasteiger partial charge in [0.15, 0.2) is 0 Å². The molecule has 0 atom stereocenters. The summed E-state index contributed by atoms with van der Waals surface area (Å²) in [6.07, 6.45) is 8.00. The van der Waals surface area contributed by atoms with E-state index in [9.17, 15) is 0 Å². The molecule has 2 aliphatic rings. The molecule has 109 valence electrons. The van der Waals surface area contributed by atoms with E-state index in [0.717, 1.165) is 6.54 Å². The van der Waals surface area contributed by atoms with Crippen molar-refractivity contribution >= 4 is 5.69 Å². The van der Waals surface area contributed by atoms with Gasteiger partial charge in [0, 0.05) is 5.69 Å². The minimum absolute atomic E-state index is 0. The fourth-order valence-corrected chi connectivity index (χ4v) is 2.78. The average Bonchev–Trinajstić information content (AvgIpc) is 3.01. The molecule has 1 heterocycles. The van der Waals surface area contributed by atoms with Gasteiger partial charge in [0.25, 0.3) is 0 Å². The molecule has 1 nitrogen and oxygen atoms in total. The van der Waals surface area contributed by atoms with Gasteiger partial charge in [0.1, 0.15) is 0 Å². The molecule has 3 rings (SSSR count). The Morgan fingerprint density at radius 1 is 1.16 bits per heavy atom. The largest absolute Gasteiger partial charge is 2.00 e. The van der Waals surface area contributed by atoms with Crippen LogP contribution in [0.5, 0.6) is 0 Å². The van der Waals surface area contributed by atoms with Crippen LogP contribution in [0.2, 0.25) is 0 Å². The van der Waals surface area contributed by atoms with Crippen LogP contribution < -0.4 is 4.90 Å². The Kier molecular flexibility index (Phi) is 6.42. The topological polar surface area (TPSA) is 3.24 Å². The van der Waals surface area contributed by atoms with E-state index >= 15 is 0 Å². The zero-order chi connectivity index (χ0) is 13.0. The molecule has 1 radical (unpaired) electrons. The number of benzene rings is 1. The summed E-state index contributed by atoms with van der Waals surface area (Å²) in [4.78, 5) is 2.33. The normalized spacial score (nSPS) is 19.2. The predicted molar refractivity (Wildman–Crippen MR) is 79.6 cm³/mol. The number of rotatable bonds is 1. The van der Waals surface area contributed by atoms with E-state index < -0.39 is 0 Å². The van der Waals surface area contributed by atoms with Crippen LogP contribution in [0.3, 0.4) is 0 Å². The van der Waals surface area contributed by atoms with Gasteiger partial charge in [-0.25, -0.2) is 6.54 Å². The van der Waals surface area contributed by atoms with Gasteiger partial charge in [-0.2, -0.15) is 12.8 Å². The first kappa shape index (κ1) is 16.6. The molecule has 0 N–H and O–H groups in total. The van der Waals surface area contributed by atoms with Crippen LogP contribution in [0.4, 0.5) is 5.69 Å². The molecular formula is C17H25CuN. The molecule has 0 amide bonds. The molecule has 1 fully saturated rings. The number of hydrogen-bond donors (Lipinski definition) is 0. The Balaban J connectivity index is 0.000000256. The van der Waals surface area contributed by atoms with Crippen molar-refractivity contribution in [1.82, 2.24) is 0 Å². The smallest absolute Gasteiger partial charge is 0.522 e. The summed E-state index contributed by atoms with van der Waals surface area (Å²) < 4.78 is 0. The minimum Gasteiger partial charge on any atom is -0.522 e. The molecule has 0 saturated heterocycles. The van der Waals surface area contributed by atoms with E-state index in [1.807, 2.05) is 0 Å². The van der Waals surface area contributed by atoms with Crippen molar-refractivity contribution in [2.75, 3.05) is 11.4 Å². The van der Waals surface area contributed by atoms with Crippen LogP contribution in [-0.4, -0.2) is 6.54 Å². The summed E-state index contributed by atoms with van der Waals surface area (Å²) in [6, 6.07) is 8.65. The second kappa shape index (κ2) is 7.36. The van der Waals surface area contributed by atoms with Gasteiger partial charge in [0.05, 0.1) is 0 Å². The summed E-state index contributed by atoms with van der Waals surface area (Å²) in [5.41, 5.74) is 3.01. The van der Waals surface area contributed by atoms with Gasteiger partial charge in [-0.1, -0.05) is 51.8 Å². The minimum atomic E-state index is 0. The molecule has 1 aliphatic heterocycles. The van der Waals surface area contributed by atoms with E-state index in [0.29, 0.717) is 0 Å². The Hall–Kier alpha value is -0.461. The summed E-state index contributed by atoms with van der Waals surface area (Å²) in [7, 11) is 0. The van der Waals surface area contributed by atoms with Gasteiger partial charge in [-0.3, -0.25) is 0 Å². The molecular weight excluding hydrogens is 282 g/mol. The molecule has 0 bridgehead atoms. The average molecular weight is 307 g/mol. The van der Waals surface area contributed by atoms with Crippen molar-refractivity contribution in [2.24, 2.45) is 0 Å². The zero-order valence-corrected chi connectivity index (χ0v) is 13.2. The van der Waals surface area contributed by atoms with Crippen molar-refractivity contribution in [1.29, 1.82) is 0 Å². The molecule has 19 heavy (non-hydrogen) atoms. The predicted octanol–water partition coefficient (Wildman–Crippen LogP) is 4.73. The summed E-state index contributed by atoms with van der Waals surface area (Å²) >= 11 is 0. The summed E-state index contributed by atoms with van der Waals surface area (Å²) in [5.74, 6) is 0. The Morgan fingerprint density at radius 2 is 1.79 bits per heavy atom. The summed E-state index contributed by atoms with van der Waals surface area (Å²) in [6.45, 7) is 10.1. The monoisotopic (exact) mass is 306 g/mol. The maximum absolute atomic E-state index is 2.36. The second-order valence-corrected chi connectivity index (χ2v) is 5.73. The van der Waals surface area contributed by atoms with Crippen molar-refractivity contribution in [3.05, 3.63) is 42.8 Å². The zero-order valence-electron chi connectivity index (χ0n) is 12.2. The van der Waals surface area contributed by atoms with Crippen LogP contribution in [-0.2, 0) is 22.5 Å². The second-order valence-electron chi connectivity index (χ2n) is 5.73. The van der Waals surface area contributed by atoms with E-state index in [1.165, 1.54) is 36.9 Å². The van der Waals surface area contributed by atoms with Crippen molar-refractivity contribution in [3.63, 3.8) is 0 Å². The van der Waals surface area contributed by atoms with Crippen molar-refractivity contribution in [2.45, 2.75) is 51.9 Å². The molecule has 1 aromatic rings. The molecule has 2 heteroatoms. The number of hydrogen-bond acceptors (Lipinski definition) is 1. The van der Waals surface area contributed by atoms with Crippen LogP contribution >= 0.6 is 0 Å². The van der Waals surface area contributed by atoms with Gasteiger partial charge in [-0.15, -0.1) is 5.41 Å². The third-order valence-electron chi connectivity index (χ3n) is 3.79. The number of fused-ring (bicyclic) bond motifs is 1. The first-order valence-electron chi connectivity index (χ1n) is 7.19. The fraction of sp³-hybridized carbons (Fsp3) is 0.529. The summed E-state index contributed by atoms with van der Waals surface area (Å²) in [5, 5.41) is 0. The van der Waals surface area contributed by atoms with Gasteiger partial charge in [0.2, 0.25) is 0 Å². The SMILES string of the molecule is CCN1[CH-]C(C)(C)c2ccccc21.[CH-]1CCCC1.[Cu+2]. The molecule has 1 aliphatic carbocycles. The quantitative estimate of drug-likeness (QED) is 0.535. The first-order chi connectivity index (χ1) is 8.65. The van der Waals surface area contributed by atoms with E-state index in [1.54, 1.807) is 0 Å². The van der Waals surface area contributed by atoms with E-state index in [4.69, 9.17) is 0 Å². The number of likely N-dealkylation sites (N-methyl/N-ethyl adjacent to an activating group) is 1. The van der Waals surface area contributed by atoms with E-state index in [-0.39, 0.29) is 22.5 Å². The molecule has 0 aromatic heterocycles. The maximum atomic E-state index is 2.36. The fourth-order valence-electron chi connectivity index (χ4n) is 2.78. The Morgan fingerprint density at radius 3 is 2.32 bits per heavy atom. The number of anilines is 1. The third kappa shape index (κ3) is 4.00. The van der Waals surface area contributed by atoms with E-state index in [2.05, 4.69) is 62.9 Å². The number of nitrogens with zero attached hydrogens (tertiary/aromatic N) is 1. The van der Waals surface area contributed by atoms with Gasteiger partial charge >= 0.3 is 17.1 Å². The van der Waals surface area contributed by atoms with Crippen LogP contribution in [0, 0.1) is 13.0 Å². The van der Waals surface area contributed by atoms with Crippen LogP contribution in [0.1, 0.15) is 52.0 Å². The molecule has 1 aromatic carbocycles. The third-order valence-corrected chi connectivity index (χ3v) is 3.79. The van der Waals surface area contributed by atoms with Crippen LogP contribution in [0.25, 0.3) is 0 Å². The van der Waals surface area contributed by atoms with Crippen molar-refractivity contribution in [3.8, 4) is 0 Å².